The van der Waals surface area contributed by atoms with E-state index in [1.807, 2.05) is 0 Å². The van der Waals surface area contributed by atoms with Gasteiger partial charge in [-0.3, -0.25) is 4.79 Å². The Morgan fingerprint density at radius 2 is 2.21 bits per heavy atom. The molecule has 1 atom stereocenters. The molecule has 0 heterocycles. The molecular weight excluding hydrogens is 182 g/mol. The van der Waals surface area contributed by atoms with Gasteiger partial charge in [0, 0.05) is 4.91 Å². The predicted molar refractivity (Wildman–Crippen MR) is 50.7 cm³/mol. The van der Waals surface area contributed by atoms with Crippen LogP contribution in [-0.2, 0) is 4.79 Å². The van der Waals surface area contributed by atoms with Gasteiger partial charge in [-0.25, -0.2) is 0 Å². The molecule has 0 bridgehead atoms. The molecule has 0 spiro atoms. The first-order chi connectivity index (χ1) is 6.66. The molecule has 0 aliphatic rings. The second-order valence-electron chi connectivity index (χ2n) is 2.80. The van der Waals surface area contributed by atoms with Crippen molar-refractivity contribution < 1.29 is 9.90 Å². The van der Waals surface area contributed by atoms with E-state index in [0.717, 1.165) is 5.56 Å². The van der Waals surface area contributed by atoms with E-state index in [9.17, 15) is 4.79 Å². The van der Waals surface area contributed by atoms with E-state index in [1.165, 1.54) is 0 Å². The van der Waals surface area contributed by atoms with Gasteiger partial charge in [0.2, 0.25) is 0 Å². The van der Waals surface area contributed by atoms with Crippen LogP contribution in [-0.4, -0.2) is 11.1 Å². The molecule has 1 aromatic carbocycles. The third-order valence-corrected chi connectivity index (χ3v) is 1.88. The molecule has 0 aliphatic carbocycles. The number of carboxylic acid groups (broad SMARTS) is 1. The molecule has 0 saturated carbocycles. The Bertz CT molecular complexity index is 395. The third kappa shape index (κ3) is 2.02. The maximum absolute atomic E-state index is 10.8. The van der Waals surface area contributed by atoms with Crippen molar-refractivity contribution in [3.05, 3.63) is 45.8 Å². The summed E-state index contributed by atoms with van der Waals surface area (Å²) in [7, 11) is 0. The molecule has 1 aromatic rings. The highest BCUT2D eigenvalue weighted by Gasteiger charge is 2.19. The predicted octanol–water partition coefficient (Wildman–Crippen LogP) is 2.43. The summed E-state index contributed by atoms with van der Waals surface area (Å²) in [5, 5.41) is 12.1. The average molecular weight is 191 g/mol. The van der Waals surface area contributed by atoms with Crippen molar-refractivity contribution >= 4 is 5.97 Å². The van der Waals surface area contributed by atoms with Crippen LogP contribution in [0, 0.1) is 6.92 Å². The van der Waals surface area contributed by atoms with E-state index in [1.54, 1.807) is 31.2 Å². The molecule has 5 nitrogen and oxygen atoms in total. The lowest BCUT2D eigenvalue weighted by Crippen LogP contribution is -2.09. The molecule has 1 rings (SSSR count). The van der Waals surface area contributed by atoms with Crippen LogP contribution in [0.25, 0.3) is 10.4 Å². The molecular formula is C9H9N3O2. The first-order valence-corrected chi connectivity index (χ1v) is 3.99. The molecule has 0 amide bonds. The standard InChI is InChI=1S/C9H9N3O2/c1-6-4-2-3-5-7(6)8(9(13)14)11-12-10/h2-5,8H,1H3,(H,13,14)/t8-/m1/s1. The van der Waals surface area contributed by atoms with Crippen LogP contribution in [0.15, 0.2) is 29.4 Å². The highest BCUT2D eigenvalue weighted by Crippen LogP contribution is 2.21. The summed E-state index contributed by atoms with van der Waals surface area (Å²) in [5.74, 6) is -1.14. The van der Waals surface area contributed by atoms with Gasteiger partial charge in [-0.15, -0.1) is 0 Å². The van der Waals surface area contributed by atoms with E-state index in [2.05, 4.69) is 10.0 Å². The van der Waals surface area contributed by atoms with Crippen molar-refractivity contribution in [1.82, 2.24) is 0 Å². The number of hydrogen-bond donors (Lipinski definition) is 1. The van der Waals surface area contributed by atoms with Gasteiger partial charge >= 0.3 is 5.97 Å². The zero-order valence-corrected chi connectivity index (χ0v) is 7.58. The van der Waals surface area contributed by atoms with Gasteiger partial charge < -0.3 is 5.11 Å². The van der Waals surface area contributed by atoms with Gasteiger partial charge in [-0.05, 0) is 23.6 Å². The SMILES string of the molecule is Cc1ccccc1[C@@H](N=[N+]=[N-])C(=O)O. The molecule has 0 radical (unpaired) electrons. The maximum atomic E-state index is 10.8. The normalized spacial score (nSPS) is 11.5. The summed E-state index contributed by atoms with van der Waals surface area (Å²) < 4.78 is 0. The lowest BCUT2D eigenvalue weighted by molar-refractivity contribution is -0.138. The number of aryl methyl sites for hydroxylation is 1. The topological polar surface area (TPSA) is 86.1 Å². The number of benzene rings is 1. The van der Waals surface area contributed by atoms with Gasteiger partial charge in [-0.2, -0.15) is 0 Å². The Labute approximate surface area is 80.6 Å². The average Bonchev–Trinajstić information content (AvgIpc) is 2.15. The minimum absolute atomic E-state index is 0.526. The van der Waals surface area contributed by atoms with Gasteiger partial charge in [0.15, 0.2) is 6.04 Å². The highest BCUT2D eigenvalue weighted by atomic mass is 16.4. The Balaban J connectivity index is 3.18. The second-order valence-corrected chi connectivity index (χ2v) is 2.80. The Hall–Kier alpha value is -2.00. The number of nitrogens with zero attached hydrogens (tertiary/aromatic N) is 3. The summed E-state index contributed by atoms with van der Waals surface area (Å²) >= 11 is 0. The van der Waals surface area contributed by atoms with E-state index >= 15 is 0 Å². The number of carbonyl (C=O) groups is 1. The minimum atomic E-state index is -1.14. The molecule has 1 N–H and O–H groups in total. The zero-order chi connectivity index (χ0) is 10.6. The number of rotatable bonds is 3. The van der Waals surface area contributed by atoms with Gasteiger partial charge in [0.25, 0.3) is 0 Å². The van der Waals surface area contributed by atoms with E-state index in [4.69, 9.17) is 10.6 Å². The summed E-state index contributed by atoms with van der Waals surface area (Å²) in [5.41, 5.74) is 9.56. The number of azide groups is 1. The van der Waals surface area contributed by atoms with Crippen molar-refractivity contribution in [2.24, 2.45) is 5.11 Å². The molecule has 72 valence electrons. The largest absolute Gasteiger partial charge is 0.481 e. The van der Waals surface area contributed by atoms with E-state index in [0.29, 0.717) is 5.56 Å². The van der Waals surface area contributed by atoms with Crippen molar-refractivity contribution in [2.75, 3.05) is 0 Å². The molecule has 5 heteroatoms. The van der Waals surface area contributed by atoms with Crippen LogP contribution in [0.5, 0.6) is 0 Å². The summed E-state index contributed by atoms with van der Waals surface area (Å²) in [4.78, 5) is 13.3. The first kappa shape index (κ1) is 10.1. The van der Waals surface area contributed by atoms with Crippen molar-refractivity contribution in [3.8, 4) is 0 Å². The van der Waals surface area contributed by atoms with E-state index < -0.39 is 12.0 Å². The van der Waals surface area contributed by atoms with Crippen LogP contribution in [0.3, 0.4) is 0 Å². The number of hydrogen-bond acceptors (Lipinski definition) is 2. The molecule has 0 saturated heterocycles. The Kier molecular flexibility index (Phi) is 3.09. The quantitative estimate of drug-likeness (QED) is 0.452. The Morgan fingerprint density at radius 1 is 1.57 bits per heavy atom. The van der Waals surface area contributed by atoms with Crippen molar-refractivity contribution in [3.63, 3.8) is 0 Å². The Morgan fingerprint density at radius 3 is 2.71 bits per heavy atom. The zero-order valence-electron chi connectivity index (χ0n) is 7.58. The summed E-state index contributed by atoms with van der Waals surface area (Å²) in [6.45, 7) is 1.78. The van der Waals surface area contributed by atoms with Crippen LogP contribution >= 0.6 is 0 Å². The third-order valence-electron chi connectivity index (χ3n) is 1.88. The minimum Gasteiger partial charge on any atom is -0.481 e. The maximum Gasteiger partial charge on any atom is 0.316 e. The molecule has 0 aromatic heterocycles. The lowest BCUT2D eigenvalue weighted by atomic mass is 10.0. The fourth-order valence-electron chi connectivity index (χ4n) is 1.19. The van der Waals surface area contributed by atoms with Crippen LogP contribution in [0.2, 0.25) is 0 Å². The molecule has 14 heavy (non-hydrogen) atoms. The monoisotopic (exact) mass is 191 g/mol. The van der Waals surface area contributed by atoms with Gasteiger partial charge in [-0.1, -0.05) is 29.4 Å². The van der Waals surface area contributed by atoms with Crippen molar-refractivity contribution in [1.29, 1.82) is 0 Å². The fourth-order valence-corrected chi connectivity index (χ4v) is 1.19. The van der Waals surface area contributed by atoms with Crippen LogP contribution < -0.4 is 0 Å². The van der Waals surface area contributed by atoms with Gasteiger partial charge in [0.05, 0.1) is 0 Å². The number of aliphatic carboxylic acids is 1. The lowest BCUT2D eigenvalue weighted by Gasteiger charge is -2.08. The fraction of sp³-hybridized carbons (Fsp3) is 0.222. The van der Waals surface area contributed by atoms with Gasteiger partial charge in [0.1, 0.15) is 0 Å². The highest BCUT2D eigenvalue weighted by molar-refractivity contribution is 5.76. The summed E-state index contributed by atoms with van der Waals surface area (Å²) in [6, 6.07) is 5.79. The first-order valence-electron chi connectivity index (χ1n) is 3.99. The second kappa shape index (κ2) is 4.30. The molecule has 0 aliphatic heterocycles. The molecule has 0 unspecified atom stereocenters. The summed E-state index contributed by atoms with van der Waals surface area (Å²) in [6.07, 6.45) is 0. The van der Waals surface area contributed by atoms with Crippen LogP contribution in [0.4, 0.5) is 0 Å². The molecule has 0 fully saturated rings. The van der Waals surface area contributed by atoms with Crippen LogP contribution in [0.1, 0.15) is 17.2 Å². The number of carboxylic acids is 1. The van der Waals surface area contributed by atoms with Crippen molar-refractivity contribution in [2.45, 2.75) is 13.0 Å². The van der Waals surface area contributed by atoms with E-state index in [-0.39, 0.29) is 0 Å². The smallest absolute Gasteiger partial charge is 0.316 e.